The van der Waals surface area contributed by atoms with E-state index in [9.17, 15) is 13.2 Å². The third kappa shape index (κ3) is 3.71. The molecule has 0 atom stereocenters. The molecule has 0 saturated carbocycles. The quantitative estimate of drug-likeness (QED) is 0.669. The van der Waals surface area contributed by atoms with Crippen LogP contribution >= 0.6 is 11.3 Å². The molecule has 0 fully saturated rings. The predicted octanol–water partition coefficient (Wildman–Crippen LogP) is 2.95. The molecule has 6 nitrogen and oxygen atoms in total. The molecule has 0 aliphatic carbocycles. The van der Waals surface area contributed by atoms with Crippen molar-refractivity contribution in [3.8, 4) is 0 Å². The molecule has 3 aromatic rings. The molecule has 25 heavy (non-hydrogen) atoms. The van der Waals surface area contributed by atoms with Gasteiger partial charge in [-0.2, -0.15) is 0 Å². The van der Waals surface area contributed by atoms with Crippen LogP contribution in [0.5, 0.6) is 0 Å². The lowest BCUT2D eigenvalue weighted by atomic mass is 10.2. The molecule has 0 aliphatic rings. The molecular weight excluding hydrogens is 360 g/mol. The standard InChI is InChI=1S/C17H16N2O4S2/c1-2-23-17(20)15-16(13-7-3-4-8-14(13)24-15)25(21,22)19-11-12-6-5-9-18-10-12/h3-10,19H,2,11H2,1H3. The highest BCUT2D eigenvalue weighted by Gasteiger charge is 2.28. The molecule has 2 heterocycles. The lowest BCUT2D eigenvalue weighted by molar-refractivity contribution is 0.0528. The third-order valence-corrected chi connectivity index (χ3v) is 6.23. The molecule has 0 bridgehead atoms. The smallest absolute Gasteiger partial charge is 0.349 e. The van der Waals surface area contributed by atoms with Crippen molar-refractivity contribution in [2.45, 2.75) is 18.4 Å². The first-order valence-electron chi connectivity index (χ1n) is 7.60. The lowest BCUT2D eigenvalue weighted by Crippen LogP contribution is -2.25. The normalized spacial score (nSPS) is 11.6. The molecule has 3 rings (SSSR count). The largest absolute Gasteiger partial charge is 0.462 e. The Morgan fingerprint density at radius 1 is 1.24 bits per heavy atom. The van der Waals surface area contributed by atoms with Gasteiger partial charge in [-0.3, -0.25) is 4.98 Å². The van der Waals surface area contributed by atoms with Gasteiger partial charge in [0.05, 0.1) is 6.61 Å². The number of esters is 1. The number of hydrogen-bond acceptors (Lipinski definition) is 6. The van der Waals surface area contributed by atoms with Gasteiger partial charge in [0.15, 0.2) is 0 Å². The average molecular weight is 376 g/mol. The van der Waals surface area contributed by atoms with Gasteiger partial charge in [-0.15, -0.1) is 11.3 Å². The Morgan fingerprint density at radius 2 is 2.04 bits per heavy atom. The number of benzene rings is 1. The molecule has 0 unspecified atom stereocenters. The fourth-order valence-corrected chi connectivity index (χ4v) is 5.18. The van der Waals surface area contributed by atoms with E-state index in [1.54, 1.807) is 55.7 Å². The first-order chi connectivity index (χ1) is 12.0. The molecule has 1 aromatic carbocycles. The summed E-state index contributed by atoms with van der Waals surface area (Å²) in [5.74, 6) is -0.634. The van der Waals surface area contributed by atoms with Crippen molar-refractivity contribution in [1.82, 2.24) is 9.71 Å². The maximum Gasteiger partial charge on any atom is 0.349 e. The van der Waals surface area contributed by atoms with Gasteiger partial charge in [-0.1, -0.05) is 24.3 Å². The van der Waals surface area contributed by atoms with Crippen molar-refractivity contribution in [3.63, 3.8) is 0 Å². The molecule has 0 spiro atoms. The number of nitrogens with zero attached hydrogens (tertiary/aromatic N) is 1. The van der Waals surface area contributed by atoms with E-state index >= 15 is 0 Å². The van der Waals surface area contributed by atoms with Crippen LogP contribution in [0.25, 0.3) is 10.1 Å². The summed E-state index contributed by atoms with van der Waals surface area (Å²) in [5.41, 5.74) is 0.725. The Hall–Kier alpha value is -2.29. The molecule has 0 radical (unpaired) electrons. The molecule has 1 N–H and O–H groups in total. The van der Waals surface area contributed by atoms with E-state index < -0.39 is 16.0 Å². The molecule has 0 aliphatic heterocycles. The fourth-order valence-electron chi connectivity index (χ4n) is 2.37. The minimum atomic E-state index is -3.90. The lowest BCUT2D eigenvalue weighted by Gasteiger charge is -2.08. The van der Waals surface area contributed by atoms with E-state index in [1.165, 1.54) is 0 Å². The first-order valence-corrected chi connectivity index (χ1v) is 9.90. The summed E-state index contributed by atoms with van der Waals surface area (Å²) < 4.78 is 34.0. The number of pyridine rings is 1. The van der Waals surface area contributed by atoms with Crippen LogP contribution in [-0.2, 0) is 21.3 Å². The minimum absolute atomic E-state index is 0.0320. The maximum atomic E-state index is 12.9. The Bertz CT molecular complexity index is 998. The predicted molar refractivity (Wildman–Crippen MR) is 96.0 cm³/mol. The van der Waals surface area contributed by atoms with Gasteiger partial charge in [0.1, 0.15) is 9.77 Å². The number of nitrogens with one attached hydrogen (secondary N) is 1. The third-order valence-electron chi connectivity index (χ3n) is 3.47. The minimum Gasteiger partial charge on any atom is -0.462 e. The Balaban J connectivity index is 2.03. The van der Waals surface area contributed by atoms with Crippen LogP contribution in [-0.4, -0.2) is 26.0 Å². The van der Waals surface area contributed by atoms with Crippen molar-refractivity contribution in [2.24, 2.45) is 0 Å². The van der Waals surface area contributed by atoms with E-state index in [4.69, 9.17) is 4.74 Å². The number of ether oxygens (including phenoxy) is 1. The van der Waals surface area contributed by atoms with Gasteiger partial charge in [-0.05, 0) is 24.6 Å². The van der Waals surface area contributed by atoms with E-state index in [1.807, 2.05) is 0 Å². The van der Waals surface area contributed by atoms with Crippen molar-refractivity contribution in [1.29, 1.82) is 0 Å². The Morgan fingerprint density at radius 3 is 2.76 bits per heavy atom. The summed E-state index contributed by atoms with van der Waals surface area (Å²) in [4.78, 5) is 16.3. The molecule has 2 aromatic heterocycles. The summed E-state index contributed by atoms with van der Waals surface area (Å²) in [6.07, 6.45) is 3.20. The molecule has 8 heteroatoms. The van der Waals surface area contributed by atoms with Crippen LogP contribution in [0.1, 0.15) is 22.2 Å². The van der Waals surface area contributed by atoms with Gasteiger partial charge >= 0.3 is 5.97 Å². The number of fused-ring (bicyclic) bond motifs is 1. The Labute approximate surface area is 149 Å². The summed E-state index contributed by atoms with van der Waals surface area (Å²) in [6.45, 7) is 1.94. The van der Waals surface area contributed by atoms with Crippen LogP contribution in [0, 0.1) is 0 Å². The Kier molecular flexibility index (Phi) is 5.12. The maximum absolute atomic E-state index is 12.9. The second-order valence-electron chi connectivity index (χ2n) is 5.16. The van der Waals surface area contributed by atoms with E-state index in [2.05, 4.69) is 9.71 Å². The van der Waals surface area contributed by atoms with E-state index in [0.29, 0.717) is 10.1 Å². The fraction of sp³-hybridized carbons (Fsp3) is 0.176. The SMILES string of the molecule is CCOC(=O)c1sc2ccccc2c1S(=O)(=O)NCc1cccnc1. The monoisotopic (exact) mass is 376 g/mol. The highest BCUT2D eigenvalue weighted by Crippen LogP contribution is 2.35. The molecule has 0 amide bonds. The first kappa shape index (κ1) is 17.5. The summed E-state index contributed by atoms with van der Waals surface area (Å²) in [7, 11) is -3.90. The highest BCUT2D eigenvalue weighted by atomic mass is 32.2. The second-order valence-corrected chi connectivity index (χ2v) is 7.92. The van der Waals surface area contributed by atoms with E-state index in [-0.39, 0.29) is 22.9 Å². The number of carbonyl (C=O) groups excluding carboxylic acids is 1. The zero-order valence-corrected chi connectivity index (χ0v) is 15.1. The van der Waals surface area contributed by atoms with Crippen LogP contribution in [0.4, 0.5) is 0 Å². The number of carbonyl (C=O) groups is 1. The zero-order chi connectivity index (χ0) is 17.9. The van der Waals surface area contributed by atoms with Crippen LogP contribution in [0.2, 0.25) is 0 Å². The highest BCUT2D eigenvalue weighted by molar-refractivity contribution is 7.90. The van der Waals surface area contributed by atoms with Gasteiger partial charge in [0, 0.05) is 29.0 Å². The molecule has 130 valence electrons. The van der Waals surface area contributed by atoms with Gasteiger partial charge < -0.3 is 4.74 Å². The van der Waals surface area contributed by atoms with Crippen molar-refractivity contribution >= 4 is 37.4 Å². The average Bonchev–Trinajstić information content (AvgIpc) is 3.02. The van der Waals surface area contributed by atoms with E-state index in [0.717, 1.165) is 16.9 Å². The topological polar surface area (TPSA) is 85.4 Å². The zero-order valence-electron chi connectivity index (χ0n) is 13.4. The van der Waals surface area contributed by atoms with Gasteiger partial charge in [0.2, 0.25) is 10.0 Å². The van der Waals surface area contributed by atoms with Gasteiger partial charge in [0.25, 0.3) is 0 Å². The molecular formula is C17H16N2O4S2. The van der Waals surface area contributed by atoms with Crippen molar-refractivity contribution < 1.29 is 17.9 Å². The van der Waals surface area contributed by atoms with Gasteiger partial charge in [-0.25, -0.2) is 17.9 Å². The summed E-state index contributed by atoms with van der Waals surface area (Å²) in [6, 6.07) is 10.5. The number of hydrogen-bond donors (Lipinski definition) is 1. The summed E-state index contributed by atoms with van der Waals surface area (Å²) in [5, 5.41) is 0.509. The number of aromatic nitrogens is 1. The van der Waals surface area contributed by atoms with Crippen LogP contribution in [0.15, 0.2) is 53.7 Å². The summed E-state index contributed by atoms with van der Waals surface area (Å²) >= 11 is 1.11. The number of sulfonamides is 1. The van der Waals surface area contributed by atoms with Crippen LogP contribution in [0.3, 0.4) is 0 Å². The number of rotatable bonds is 6. The van der Waals surface area contributed by atoms with Crippen molar-refractivity contribution in [3.05, 3.63) is 59.2 Å². The van der Waals surface area contributed by atoms with Crippen molar-refractivity contribution in [2.75, 3.05) is 6.61 Å². The number of thiophene rings is 1. The second kappa shape index (κ2) is 7.30. The van der Waals surface area contributed by atoms with Crippen LogP contribution < -0.4 is 4.72 Å². The molecule has 0 saturated heterocycles.